The molecule has 0 bridgehead atoms. The smallest absolute Gasteiger partial charge is 0.109 e. The quantitative estimate of drug-likeness (QED) is 0.256. The van der Waals surface area contributed by atoms with Gasteiger partial charge in [-0.3, -0.25) is 0 Å². The van der Waals surface area contributed by atoms with Crippen LogP contribution in [0.15, 0.2) is 118 Å². The van der Waals surface area contributed by atoms with Gasteiger partial charge in [0.25, 0.3) is 0 Å². The van der Waals surface area contributed by atoms with Crippen LogP contribution in [-0.2, 0) is 4.74 Å². The van der Waals surface area contributed by atoms with Crippen LogP contribution < -0.4 is 0 Å². The van der Waals surface area contributed by atoms with E-state index in [1.54, 1.807) is 0 Å². The molecule has 0 aliphatic heterocycles. The van der Waals surface area contributed by atoms with Crippen LogP contribution >= 0.6 is 31.9 Å². The fourth-order valence-electron chi connectivity index (χ4n) is 3.43. The maximum Gasteiger partial charge on any atom is 0.109 e. The Kier molecular flexibility index (Phi) is 6.60. The molecule has 0 radical (unpaired) electrons. The molecule has 0 aliphatic rings. The molecular formula is C26H20Br2O. The Morgan fingerprint density at radius 2 is 0.828 bits per heavy atom. The molecule has 2 unspecified atom stereocenters. The average molecular weight is 508 g/mol. The van der Waals surface area contributed by atoms with Gasteiger partial charge in [-0.15, -0.1) is 0 Å². The van der Waals surface area contributed by atoms with Crippen LogP contribution in [0.1, 0.15) is 34.5 Å². The number of benzene rings is 4. The normalized spacial score (nSPS) is 13.0. The van der Waals surface area contributed by atoms with Gasteiger partial charge < -0.3 is 4.74 Å². The van der Waals surface area contributed by atoms with Crippen LogP contribution in [0.2, 0.25) is 0 Å². The van der Waals surface area contributed by atoms with Crippen molar-refractivity contribution in [3.05, 3.63) is 140 Å². The first-order valence-electron chi connectivity index (χ1n) is 9.47. The predicted octanol–water partition coefficient (Wildman–Crippen LogP) is 8.11. The lowest BCUT2D eigenvalue weighted by molar-refractivity contribution is 0.0308. The van der Waals surface area contributed by atoms with Crippen molar-refractivity contribution in [1.29, 1.82) is 0 Å². The first kappa shape index (κ1) is 20.1. The molecule has 0 amide bonds. The van der Waals surface area contributed by atoms with E-state index in [9.17, 15) is 0 Å². The Morgan fingerprint density at radius 1 is 0.448 bits per heavy atom. The molecule has 0 heterocycles. The third-order valence-corrected chi connectivity index (χ3v) is 5.77. The molecule has 0 N–H and O–H groups in total. The molecule has 0 saturated carbocycles. The summed E-state index contributed by atoms with van der Waals surface area (Å²) in [6, 6.07) is 37.4. The third-order valence-electron chi connectivity index (χ3n) is 4.78. The summed E-state index contributed by atoms with van der Waals surface area (Å²) in [5.41, 5.74) is 4.48. The summed E-state index contributed by atoms with van der Waals surface area (Å²) < 4.78 is 8.94. The molecule has 4 aromatic rings. The first-order chi connectivity index (χ1) is 14.2. The number of hydrogen-bond acceptors (Lipinski definition) is 1. The van der Waals surface area contributed by atoms with Gasteiger partial charge in [0.2, 0.25) is 0 Å². The van der Waals surface area contributed by atoms with E-state index >= 15 is 0 Å². The average Bonchev–Trinajstić information content (AvgIpc) is 2.76. The summed E-state index contributed by atoms with van der Waals surface area (Å²) in [7, 11) is 0. The summed E-state index contributed by atoms with van der Waals surface area (Å²) >= 11 is 7.21. The Morgan fingerprint density at radius 3 is 1.21 bits per heavy atom. The highest BCUT2D eigenvalue weighted by atomic mass is 79.9. The standard InChI is InChI=1S/C26H20Br2O/c27-23-15-7-13-21(17-23)25(19-9-3-1-4-10-19)29-26(20-11-5-2-6-12-20)22-14-8-16-24(28)18-22/h1-18,25-26H. The van der Waals surface area contributed by atoms with Gasteiger partial charge in [-0.2, -0.15) is 0 Å². The zero-order chi connectivity index (χ0) is 20.1. The van der Waals surface area contributed by atoms with Crippen molar-refractivity contribution in [3.8, 4) is 0 Å². The van der Waals surface area contributed by atoms with Crippen molar-refractivity contribution < 1.29 is 4.74 Å². The summed E-state index contributed by atoms with van der Waals surface area (Å²) in [5, 5.41) is 0. The molecule has 2 atom stereocenters. The highest BCUT2D eigenvalue weighted by Gasteiger charge is 2.23. The molecule has 0 spiro atoms. The second kappa shape index (κ2) is 9.53. The van der Waals surface area contributed by atoms with Gasteiger partial charge in [-0.25, -0.2) is 0 Å². The number of hydrogen-bond donors (Lipinski definition) is 0. The van der Waals surface area contributed by atoms with Crippen molar-refractivity contribution in [3.63, 3.8) is 0 Å². The highest BCUT2D eigenvalue weighted by molar-refractivity contribution is 9.10. The fraction of sp³-hybridized carbons (Fsp3) is 0.0769. The molecule has 3 heteroatoms. The molecule has 4 rings (SSSR count). The van der Waals surface area contributed by atoms with Crippen molar-refractivity contribution in [1.82, 2.24) is 0 Å². The van der Waals surface area contributed by atoms with Crippen molar-refractivity contribution in [2.24, 2.45) is 0 Å². The Hall–Kier alpha value is -2.20. The van der Waals surface area contributed by atoms with Gasteiger partial charge in [-0.1, -0.05) is 117 Å². The van der Waals surface area contributed by atoms with Crippen LogP contribution in [0.3, 0.4) is 0 Å². The van der Waals surface area contributed by atoms with E-state index < -0.39 is 0 Å². The lowest BCUT2D eigenvalue weighted by Gasteiger charge is -2.27. The van der Waals surface area contributed by atoms with Gasteiger partial charge in [0.05, 0.1) is 0 Å². The molecule has 0 saturated heterocycles. The zero-order valence-corrected chi connectivity index (χ0v) is 18.9. The van der Waals surface area contributed by atoms with E-state index in [1.165, 1.54) is 0 Å². The predicted molar refractivity (Wildman–Crippen MR) is 126 cm³/mol. The minimum Gasteiger partial charge on any atom is -0.356 e. The molecule has 29 heavy (non-hydrogen) atoms. The van der Waals surface area contributed by atoms with E-state index in [4.69, 9.17) is 4.74 Å². The maximum absolute atomic E-state index is 6.86. The lowest BCUT2D eigenvalue weighted by atomic mass is 9.98. The largest absolute Gasteiger partial charge is 0.356 e. The molecular weight excluding hydrogens is 488 g/mol. The summed E-state index contributed by atoms with van der Waals surface area (Å²) in [4.78, 5) is 0. The van der Waals surface area contributed by atoms with E-state index in [0.717, 1.165) is 31.2 Å². The van der Waals surface area contributed by atoms with Crippen LogP contribution in [0.4, 0.5) is 0 Å². The summed E-state index contributed by atoms with van der Waals surface area (Å²) in [5.74, 6) is 0. The number of halogens is 2. The SMILES string of the molecule is Brc1cccc(C(OC(c2ccccc2)c2cccc(Br)c2)c2ccccc2)c1. The van der Waals surface area contributed by atoms with Gasteiger partial charge in [-0.05, 0) is 46.5 Å². The molecule has 4 aromatic carbocycles. The Bertz CT molecular complexity index is 977. The van der Waals surface area contributed by atoms with Gasteiger partial charge in [0, 0.05) is 8.95 Å². The third kappa shape index (κ3) is 5.05. The number of rotatable bonds is 6. The summed E-state index contributed by atoms with van der Waals surface area (Å²) in [6.45, 7) is 0. The van der Waals surface area contributed by atoms with Crippen LogP contribution in [0, 0.1) is 0 Å². The van der Waals surface area contributed by atoms with Crippen molar-refractivity contribution >= 4 is 31.9 Å². The first-order valence-corrected chi connectivity index (χ1v) is 11.1. The highest BCUT2D eigenvalue weighted by Crippen LogP contribution is 2.37. The minimum absolute atomic E-state index is 0.196. The number of ether oxygens (including phenoxy) is 1. The van der Waals surface area contributed by atoms with E-state index in [0.29, 0.717) is 0 Å². The second-order valence-electron chi connectivity index (χ2n) is 6.83. The van der Waals surface area contributed by atoms with E-state index in [1.807, 2.05) is 24.3 Å². The molecule has 0 fully saturated rings. The molecule has 0 aliphatic carbocycles. The molecule has 1 nitrogen and oxygen atoms in total. The Balaban J connectivity index is 1.80. The van der Waals surface area contributed by atoms with E-state index in [2.05, 4.69) is 117 Å². The van der Waals surface area contributed by atoms with Crippen LogP contribution in [0.25, 0.3) is 0 Å². The lowest BCUT2D eigenvalue weighted by Crippen LogP contribution is -2.13. The van der Waals surface area contributed by atoms with Gasteiger partial charge in [0.15, 0.2) is 0 Å². The minimum atomic E-state index is -0.196. The Labute approximate surface area is 188 Å². The van der Waals surface area contributed by atoms with Crippen LogP contribution in [0.5, 0.6) is 0 Å². The van der Waals surface area contributed by atoms with E-state index in [-0.39, 0.29) is 12.2 Å². The molecule has 0 aromatic heterocycles. The van der Waals surface area contributed by atoms with Gasteiger partial charge >= 0.3 is 0 Å². The van der Waals surface area contributed by atoms with Crippen molar-refractivity contribution in [2.45, 2.75) is 12.2 Å². The van der Waals surface area contributed by atoms with Gasteiger partial charge in [0.1, 0.15) is 12.2 Å². The maximum atomic E-state index is 6.86. The monoisotopic (exact) mass is 506 g/mol. The van der Waals surface area contributed by atoms with Crippen molar-refractivity contribution in [2.75, 3.05) is 0 Å². The topological polar surface area (TPSA) is 9.23 Å². The van der Waals surface area contributed by atoms with Crippen LogP contribution in [-0.4, -0.2) is 0 Å². The summed E-state index contributed by atoms with van der Waals surface area (Å²) in [6.07, 6.45) is -0.393. The second-order valence-corrected chi connectivity index (χ2v) is 8.66. The molecule has 144 valence electrons. The fourth-order valence-corrected chi connectivity index (χ4v) is 4.26. The zero-order valence-electron chi connectivity index (χ0n) is 15.7.